The predicted octanol–water partition coefficient (Wildman–Crippen LogP) is 4.41. The predicted molar refractivity (Wildman–Crippen MR) is 107 cm³/mol. The molecule has 0 aliphatic carbocycles. The number of hydrazone groups is 1. The molecule has 0 aliphatic heterocycles. The van der Waals surface area contributed by atoms with E-state index in [0.29, 0.717) is 27.5 Å². The number of para-hydroxylation sites is 1. The van der Waals surface area contributed by atoms with Gasteiger partial charge < -0.3 is 10.6 Å². The van der Waals surface area contributed by atoms with Gasteiger partial charge in [0.1, 0.15) is 0 Å². The molecule has 0 amide bonds. The molecular weight excluding hydrogens is 373 g/mol. The molecule has 7 nitrogen and oxygen atoms in total. The minimum Gasteiger partial charge on any atom is -0.357 e. The lowest BCUT2D eigenvalue weighted by Crippen LogP contribution is -2.07. The summed E-state index contributed by atoms with van der Waals surface area (Å²) >= 11 is 12.1. The van der Waals surface area contributed by atoms with Crippen molar-refractivity contribution < 1.29 is 0 Å². The van der Waals surface area contributed by atoms with Crippen LogP contribution in [0.1, 0.15) is 5.56 Å². The number of hydrogen-bond donors (Lipinski definition) is 3. The smallest absolute Gasteiger partial charge is 0.250 e. The van der Waals surface area contributed by atoms with Gasteiger partial charge in [0.05, 0.1) is 16.3 Å². The minimum atomic E-state index is 0.275. The Kier molecular flexibility index (Phi) is 5.83. The molecule has 1 heterocycles. The number of rotatable bonds is 6. The van der Waals surface area contributed by atoms with Gasteiger partial charge in [-0.3, -0.25) is 0 Å². The summed E-state index contributed by atoms with van der Waals surface area (Å²) in [6, 6.07) is 14.9. The van der Waals surface area contributed by atoms with Crippen molar-refractivity contribution in [3.63, 3.8) is 0 Å². The van der Waals surface area contributed by atoms with Gasteiger partial charge >= 0.3 is 0 Å². The standard InChI is InChI=1S/C17H15Cl2N7/c1-20-15-23-16(22-12-7-3-2-4-8-12)25-17(24-15)26-21-10-11-6-5-9-13(18)14(11)19/h2-10H,1H3,(H3,20,22,23,24,25,26)/b21-10+. The average Bonchev–Trinajstić information content (AvgIpc) is 2.66. The highest BCUT2D eigenvalue weighted by molar-refractivity contribution is 6.43. The van der Waals surface area contributed by atoms with Crippen LogP contribution in [0.3, 0.4) is 0 Å². The van der Waals surface area contributed by atoms with E-state index in [9.17, 15) is 0 Å². The molecule has 0 saturated carbocycles. The molecule has 2 aromatic carbocycles. The second-order valence-corrected chi connectivity index (χ2v) is 5.85. The van der Waals surface area contributed by atoms with Gasteiger partial charge in [0, 0.05) is 18.3 Å². The molecule has 26 heavy (non-hydrogen) atoms. The normalized spacial score (nSPS) is 10.7. The lowest BCUT2D eigenvalue weighted by atomic mass is 10.2. The van der Waals surface area contributed by atoms with Crippen LogP contribution in [0.4, 0.5) is 23.5 Å². The van der Waals surface area contributed by atoms with Crippen LogP contribution in [0.2, 0.25) is 10.0 Å². The Morgan fingerprint density at radius 2 is 1.62 bits per heavy atom. The van der Waals surface area contributed by atoms with E-state index in [1.54, 1.807) is 31.5 Å². The SMILES string of the molecule is CNc1nc(N/N=C/c2cccc(Cl)c2Cl)nc(Nc2ccccc2)n1. The first-order valence-electron chi connectivity index (χ1n) is 7.64. The molecule has 0 unspecified atom stereocenters. The Balaban J connectivity index is 1.78. The summed E-state index contributed by atoms with van der Waals surface area (Å²) in [7, 11) is 1.72. The summed E-state index contributed by atoms with van der Waals surface area (Å²) in [4.78, 5) is 12.8. The van der Waals surface area contributed by atoms with Crippen molar-refractivity contribution in [3.05, 3.63) is 64.1 Å². The lowest BCUT2D eigenvalue weighted by molar-refractivity contribution is 1.04. The Bertz CT molecular complexity index is 916. The molecule has 0 bridgehead atoms. The second kappa shape index (κ2) is 8.46. The molecule has 0 radical (unpaired) electrons. The molecule has 0 fully saturated rings. The molecule has 1 aromatic heterocycles. The number of aromatic nitrogens is 3. The van der Waals surface area contributed by atoms with E-state index < -0.39 is 0 Å². The van der Waals surface area contributed by atoms with Gasteiger partial charge in [-0.15, -0.1) is 0 Å². The number of anilines is 4. The first-order chi connectivity index (χ1) is 12.7. The molecule has 3 aromatic rings. The second-order valence-electron chi connectivity index (χ2n) is 5.06. The molecule has 3 N–H and O–H groups in total. The highest BCUT2D eigenvalue weighted by Gasteiger charge is 2.06. The maximum absolute atomic E-state index is 6.13. The van der Waals surface area contributed by atoms with Gasteiger partial charge in [0.2, 0.25) is 17.8 Å². The number of halogens is 2. The first kappa shape index (κ1) is 17.9. The van der Waals surface area contributed by atoms with Gasteiger partial charge in [-0.2, -0.15) is 20.1 Å². The van der Waals surface area contributed by atoms with Crippen LogP contribution in [-0.4, -0.2) is 28.2 Å². The zero-order chi connectivity index (χ0) is 18.4. The lowest BCUT2D eigenvalue weighted by Gasteiger charge is -2.08. The summed E-state index contributed by atoms with van der Waals surface area (Å²) < 4.78 is 0. The summed E-state index contributed by atoms with van der Waals surface area (Å²) in [6.07, 6.45) is 1.54. The van der Waals surface area contributed by atoms with Gasteiger partial charge in [-0.25, -0.2) is 5.43 Å². The fourth-order valence-corrected chi connectivity index (χ4v) is 2.38. The van der Waals surface area contributed by atoms with Crippen molar-refractivity contribution in [1.29, 1.82) is 0 Å². The molecule has 0 aliphatic rings. The van der Waals surface area contributed by atoms with Crippen LogP contribution < -0.4 is 16.1 Å². The fourth-order valence-electron chi connectivity index (χ4n) is 2.02. The zero-order valence-electron chi connectivity index (χ0n) is 13.7. The average molecular weight is 388 g/mol. The topological polar surface area (TPSA) is 87.1 Å². The van der Waals surface area contributed by atoms with Crippen molar-refractivity contribution >= 4 is 52.9 Å². The van der Waals surface area contributed by atoms with E-state index in [0.717, 1.165) is 5.69 Å². The molecule has 0 saturated heterocycles. The Morgan fingerprint density at radius 1 is 0.885 bits per heavy atom. The van der Waals surface area contributed by atoms with Crippen LogP contribution in [0.5, 0.6) is 0 Å². The van der Waals surface area contributed by atoms with E-state index >= 15 is 0 Å². The molecule has 132 valence electrons. The van der Waals surface area contributed by atoms with Gasteiger partial charge in [-0.1, -0.05) is 53.5 Å². The number of hydrogen-bond acceptors (Lipinski definition) is 7. The number of nitrogens with one attached hydrogen (secondary N) is 3. The zero-order valence-corrected chi connectivity index (χ0v) is 15.3. The molecule has 3 rings (SSSR count). The first-order valence-corrected chi connectivity index (χ1v) is 8.40. The van der Waals surface area contributed by atoms with Gasteiger partial charge in [0.25, 0.3) is 0 Å². The van der Waals surface area contributed by atoms with Crippen molar-refractivity contribution in [2.24, 2.45) is 5.10 Å². The Labute approximate surface area is 160 Å². The molecular formula is C17H15Cl2N7. The van der Waals surface area contributed by atoms with Crippen LogP contribution in [0, 0.1) is 0 Å². The summed E-state index contributed by atoms with van der Waals surface area (Å²) in [5.74, 6) is 1.06. The highest BCUT2D eigenvalue weighted by atomic mass is 35.5. The molecule has 0 spiro atoms. The van der Waals surface area contributed by atoms with Crippen LogP contribution in [0.15, 0.2) is 53.6 Å². The van der Waals surface area contributed by atoms with E-state index in [2.05, 4.69) is 36.1 Å². The quantitative estimate of drug-likeness (QED) is 0.428. The van der Waals surface area contributed by atoms with Crippen molar-refractivity contribution in [3.8, 4) is 0 Å². The Morgan fingerprint density at radius 3 is 2.38 bits per heavy atom. The molecule has 9 heteroatoms. The van der Waals surface area contributed by atoms with E-state index in [-0.39, 0.29) is 5.95 Å². The van der Waals surface area contributed by atoms with E-state index in [1.807, 2.05) is 30.3 Å². The van der Waals surface area contributed by atoms with Gasteiger partial charge in [-0.05, 0) is 18.2 Å². The Hall–Kier alpha value is -2.90. The maximum Gasteiger partial charge on any atom is 0.250 e. The number of benzene rings is 2. The maximum atomic E-state index is 6.13. The minimum absolute atomic E-state index is 0.275. The largest absolute Gasteiger partial charge is 0.357 e. The van der Waals surface area contributed by atoms with Crippen LogP contribution in [-0.2, 0) is 0 Å². The van der Waals surface area contributed by atoms with Crippen molar-refractivity contribution in [1.82, 2.24) is 15.0 Å². The monoisotopic (exact) mass is 387 g/mol. The van der Waals surface area contributed by atoms with Crippen LogP contribution >= 0.6 is 23.2 Å². The van der Waals surface area contributed by atoms with Crippen LogP contribution in [0.25, 0.3) is 0 Å². The van der Waals surface area contributed by atoms with E-state index in [1.165, 1.54) is 0 Å². The van der Waals surface area contributed by atoms with E-state index in [4.69, 9.17) is 23.2 Å². The van der Waals surface area contributed by atoms with Gasteiger partial charge in [0.15, 0.2) is 0 Å². The summed E-state index contributed by atoms with van der Waals surface area (Å²) in [6.45, 7) is 0. The highest BCUT2D eigenvalue weighted by Crippen LogP contribution is 2.24. The summed E-state index contributed by atoms with van der Waals surface area (Å²) in [5, 5.41) is 11.0. The van der Waals surface area contributed by atoms with Crippen molar-refractivity contribution in [2.45, 2.75) is 0 Å². The molecule has 0 atom stereocenters. The number of nitrogens with zero attached hydrogens (tertiary/aromatic N) is 4. The third-order valence-corrected chi connectivity index (χ3v) is 4.07. The van der Waals surface area contributed by atoms with Crippen molar-refractivity contribution in [2.75, 3.05) is 23.1 Å². The fraction of sp³-hybridized carbons (Fsp3) is 0.0588. The third kappa shape index (κ3) is 4.59. The third-order valence-electron chi connectivity index (χ3n) is 3.24. The summed E-state index contributed by atoms with van der Waals surface area (Å²) in [5.41, 5.74) is 4.31.